The van der Waals surface area contributed by atoms with Crippen molar-refractivity contribution in [1.82, 2.24) is 9.88 Å². The highest BCUT2D eigenvalue weighted by molar-refractivity contribution is 6.09. The Morgan fingerprint density at radius 3 is 2.35 bits per heavy atom. The van der Waals surface area contributed by atoms with E-state index in [9.17, 15) is 4.79 Å². The van der Waals surface area contributed by atoms with Gasteiger partial charge in [-0.15, -0.1) is 0 Å². The van der Waals surface area contributed by atoms with Crippen molar-refractivity contribution in [2.24, 2.45) is 10.4 Å². The molecule has 1 saturated heterocycles. The third kappa shape index (κ3) is 5.89. The average Bonchev–Trinajstić information content (AvgIpc) is 2.59. The van der Waals surface area contributed by atoms with E-state index in [-0.39, 0.29) is 22.6 Å². The second-order valence-corrected chi connectivity index (χ2v) is 11.7. The Balaban J connectivity index is 1.87. The van der Waals surface area contributed by atoms with E-state index in [0.717, 1.165) is 36.5 Å². The summed E-state index contributed by atoms with van der Waals surface area (Å²) in [5.74, 6) is 0.948. The number of nitrogens with zero attached hydrogens (tertiary/aromatic N) is 3. The van der Waals surface area contributed by atoms with Crippen molar-refractivity contribution in [2.75, 3.05) is 23.7 Å². The summed E-state index contributed by atoms with van der Waals surface area (Å²) in [6.07, 6.45) is 5.85. The Labute approximate surface area is 187 Å². The van der Waals surface area contributed by atoms with Crippen LogP contribution in [0.4, 0.5) is 16.2 Å². The van der Waals surface area contributed by atoms with E-state index in [4.69, 9.17) is 9.73 Å². The Morgan fingerprint density at radius 1 is 1.13 bits per heavy atom. The predicted molar refractivity (Wildman–Crippen MR) is 127 cm³/mol. The van der Waals surface area contributed by atoms with Crippen molar-refractivity contribution in [3.63, 3.8) is 0 Å². The molecular formula is C24H39N5O2. The average molecular weight is 430 g/mol. The number of ether oxygens (including phenoxy) is 1. The third-order valence-corrected chi connectivity index (χ3v) is 5.55. The van der Waals surface area contributed by atoms with Crippen molar-refractivity contribution in [3.05, 3.63) is 18.5 Å². The number of amidine groups is 1. The number of likely N-dealkylation sites (tertiary alicyclic amines) is 1. The Kier molecular flexibility index (Phi) is 6.02. The van der Waals surface area contributed by atoms with Crippen LogP contribution in [0.3, 0.4) is 0 Å². The van der Waals surface area contributed by atoms with Crippen LogP contribution in [-0.2, 0) is 4.74 Å². The zero-order valence-corrected chi connectivity index (χ0v) is 20.4. The highest BCUT2D eigenvalue weighted by Gasteiger charge is 2.45. The summed E-state index contributed by atoms with van der Waals surface area (Å²) in [6.45, 7) is 18.0. The molecule has 0 bridgehead atoms. The molecule has 172 valence electrons. The topological polar surface area (TPSA) is 78.9 Å². The number of aliphatic imine (C=N–C) groups is 1. The molecule has 1 spiro atoms. The largest absolute Gasteiger partial charge is 0.444 e. The summed E-state index contributed by atoms with van der Waals surface area (Å²) >= 11 is 0. The van der Waals surface area contributed by atoms with Crippen LogP contribution in [0.5, 0.6) is 0 Å². The van der Waals surface area contributed by atoms with Crippen molar-refractivity contribution in [3.8, 4) is 0 Å². The minimum Gasteiger partial charge on any atom is -0.444 e. The quantitative estimate of drug-likeness (QED) is 0.667. The fourth-order valence-corrected chi connectivity index (χ4v) is 4.70. The van der Waals surface area contributed by atoms with Gasteiger partial charge in [-0.25, -0.2) is 4.79 Å². The Morgan fingerprint density at radius 2 is 1.77 bits per heavy atom. The molecule has 1 aromatic rings. The number of carbonyl (C=O) groups is 1. The summed E-state index contributed by atoms with van der Waals surface area (Å²) < 4.78 is 5.58. The van der Waals surface area contributed by atoms with Crippen LogP contribution in [0.15, 0.2) is 23.5 Å². The number of pyridine rings is 1. The highest BCUT2D eigenvalue weighted by atomic mass is 16.6. The maximum absolute atomic E-state index is 12.6. The van der Waals surface area contributed by atoms with Gasteiger partial charge in [0, 0.05) is 19.3 Å². The lowest BCUT2D eigenvalue weighted by molar-refractivity contribution is 0.0197. The van der Waals surface area contributed by atoms with Gasteiger partial charge in [0.2, 0.25) is 0 Å². The molecule has 7 heteroatoms. The molecule has 3 heterocycles. The number of rotatable bonds is 2. The van der Waals surface area contributed by atoms with Gasteiger partial charge >= 0.3 is 6.09 Å². The minimum absolute atomic E-state index is 0.171. The van der Waals surface area contributed by atoms with Crippen LogP contribution in [0.2, 0.25) is 0 Å². The van der Waals surface area contributed by atoms with Crippen LogP contribution in [0.25, 0.3) is 0 Å². The fourth-order valence-electron chi connectivity index (χ4n) is 4.70. The van der Waals surface area contributed by atoms with E-state index >= 15 is 0 Å². The number of piperidine rings is 1. The minimum atomic E-state index is -0.495. The van der Waals surface area contributed by atoms with E-state index in [0.29, 0.717) is 13.1 Å². The van der Waals surface area contributed by atoms with Gasteiger partial charge in [-0.2, -0.15) is 0 Å². The molecule has 3 rings (SSSR count). The molecule has 0 radical (unpaired) electrons. The number of amides is 1. The lowest BCUT2D eigenvalue weighted by atomic mass is 9.80. The lowest BCUT2D eigenvalue weighted by Gasteiger charge is -2.47. The van der Waals surface area contributed by atoms with Crippen LogP contribution >= 0.6 is 0 Å². The molecule has 0 aliphatic carbocycles. The summed E-state index contributed by atoms with van der Waals surface area (Å²) in [5.41, 5.74) is 1.06. The molecule has 0 saturated carbocycles. The van der Waals surface area contributed by atoms with Gasteiger partial charge in [-0.05, 0) is 65.4 Å². The number of carbonyl (C=O) groups excluding carboxylic acids is 1. The molecule has 0 aromatic carbocycles. The first-order valence-electron chi connectivity index (χ1n) is 11.3. The smallest absolute Gasteiger partial charge is 0.410 e. The number of anilines is 2. The molecule has 7 nitrogen and oxygen atoms in total. The van der Waals surface area contributed by atoms with Crippen molar-refractivity contribution in [2.45, 2.75) is 91.3 Å². The van der Waals surface area contributed by atoms with Gasteiger partial charge in [0.25, 0.3) is 0 Å². The Hall–Kier alpha value is -2.31. The number of hydrogen-bond donors (Lipinski definition) is 2. The van der Waals surface area contributed by atoms with E-state index in [1.165, 1.54) is 0 Å². The zero-order valence-electron chi connectivity index (χ0n) is 20.4. The van der Waals surface area contributed by atoms with Gasteiger partial charge in [0.05, 0.1) is 28.6 Å². The first-order chi connectivity index (χ1) is 14.2. The SMILES string of the molecule is CC(C)(C)CC(C)(C)N=C1Nc2ccncc2NC12CCN(C(=O)OC(C)(C)C)CC2. The van der Waals surface area contributed by atoms with E-state index in [2.05, 4.69) is 50.2 Å². The monoisotopic (exact) mass is 429 g/mol. The summed E-state index contributed by atoms with van der Waals surface area (Å²) in [7, 11) is 0. The second-order valence-electron chi connectivity index (χ2n) is 11.7. The van der Waals surface area contributed by atoms with Gasteiger partial charge in [0.15, 0.2) is 0 Å². The van der Waals surface area contributed by atoms with E-state index < -0.39 is 5.60 Å². The standard InChI is InChI=1S/C24H39N5O2/c1-21(2,3)16-23(7,8)28-19-24(27-18-15-25-12-9-17(18)26-19)10-13-29(14-11-24)20(30)31-22(4,5)6/h9,12,15,27H,10-11,13-14,16H2,1-8H3,(H,26,28). The lowest BCUT2D eigenvalue weighted by Crippen LogP contribution is -2.60. The molecule has 31 heavy (non-hydrogen) atoms. The number of aromatic nitrogens is 1. The van der Waals surface area contributed by atoms with Crippen LogP contribution in [0, 0.1) is 5.41 Å². The molecule has 2 aliphatic heterocycles. The zero-order chi connectivity index (χ0) is 23.1. The van der Waals surface area contributed by atoms with Crippen LogP contribution in [0.1, 0.15) is 74.7 Å². The predicted octanol–water partition coefficient (Wildman–Crippen LogP) is 5.30. The third-order valence-electron chi connectivity index (χ3n) is 5.55. The molecule has 2 N–H and O–H groups in total. The maximum Gasteiger partial charge on any atom is 0.410 e. The first-order valence-corrected chi connectivity index (χ1v) is 11.3. The van der Waals surface area contributed by atoms with Gasteiger partial charge in [0.1, 0.15) is 11.4 Å². The van der Waals surface area contributed by atoms with Crippen LogP contribution in [-0.4, -0.2) is 51.6 Å². The molecular weight excluding hydrogens is 390 g/mol. The highest BCUT2D eigenvalue weighted by Crippen LogP contribution is 2.39. The second kappa shape index (κ2) is 7.99. The van der Waals surface area contributed by atoms with Gasteiger partial charge in [-0.3, -0.25) is 9.98 Å². The first kappa shape index (κ1) is 23.4. The Bertz CT molecular complexity index is 840. The maximum atomic E-state index is 12.6. The van der Waals surface area contributed by atoms with Crippen molar-refractivity contribution >= 4 is 23.3 Å². The van der Waals surface area contributed by atoms with Crippen molar-refractivity contribution < 1.29 is 9.53 Å². The normalized spacial score (nSPS) is 20.1. The van der Waals surface area contributed by atoms with E-state index in [1.807, 2.05) is 33.0 Å². The van der Waals surface area contributed by atoms with Crippen LogP contribution < -0.4 is 10.6 Å². The fraction of sp³-hybridized carbons (Fsp3) is 0.708. The van der Waals surface area contributed by atoms with Crippen molar-refractivity contribution in [1.29, 1.82) is 0 Å². The summed E-state index contributed by atoms with van der Waals surface area (Å²) in [5, 5.41) is 7.32. The summed E-state index contributed by atoms with van der Waals surface area (Å²) in [6, 6.07) is 1.97. The summed E-state index contributed by atoms with van der Waals surface area (Å²) in [4.78, 5) is 23.9. The van der Waals surface area contributed by atoms with Gasteiger partial charge in [-0.1, -0.05) is 20.8 Å². The van der Waals surface area contributed by atoms with Gasteiger partial charge < -0.3 is 20.3 Å². The molecule has 0 unspecified atom stereocenters. The number of fused-ring (bicyclic) bond motifs is 1. The molecule has 1 aromatic heterocycles. The molecule has 1 amide bonds. The molecule has 0 atom stereocenters. The number of hydrogen-bond acceptors (Lipinski definition) is 5. The number of nitrogens with one attached hydrogen (secondary N) is 2. The van der Waals surface area contributed by atoms with E-state index in [1.54, 1.807) is 11.1 Å². The molecule has 1 fully saturated rings. The molecule has 2 aliphatic rings.